The van der Waals surface area contributed by atoms with Crippen LogP contribution in [0.5, 0.6) is 0 Å². The van der Waals surface area contributed by atoms with Crippen LogP contribution >= 0.6 is 0 Å². The summed E-state index contributed by atoms with van der Waals surface area (Å²) in [5.74, 6) is -0.638. The summed E-state index contributed by atoms with van der Waals surface area (Å²) >= 11 is 0. The molecule has 1 aliphatic rings. The van der Waals surface area contributed by atoms with Crippen molar-refractivity contribution in [3.05, 3.63) is 59.7 Å². The number of benzene rings is 2. The first-order chi connectivity index (χ1) is 15.6. The minimum absolute atomic E-state index is 0.0886. The van der Waals surface area contributed by atoms with E-state index in [2.05, 4.69) is 20.8 Å². The average molecular weight is 475 g/mol. The molecule has 33 heavy (non-hydrogen) atoms. The second-order valence-electron chi connectivity index (χ2n) is 7.86. The minimum Gasteiger partial charge on any atom is -0.373 e. The van der Waals surface area contributed by atoms with Gasteiger partial charge in [-0.1, -0.05) is 0 Å². The minimum atomic E-state index is -3.71. The van der Waals surface area contributed by atoms with Gasteiger partial charge in [0.25, 0.3) is 5.91 Å². The van der Waals surface area contributed by atoms with Crippen molar-refractivity contribution >= 4 is 21.6 Å². The summed E-state index contributed by atoms with van der Waals surface area (Å²) in [4.78, 5) is 12.8. The number of sulfonamides is 1. The average Bonchev–Trinajstić information content (AvgIpc) is 3.20. The van der Waals surface area contributed by atoms with Crippen molar-refractivity contribution in [2.24, 2.45) is 0 Å². The van der Waals surface area contributed by atoms with Gasteiger partial charge < -0.3 is 10.1 Å². The number of nitrogens with one attached hydrogen (secondary N) is 1. The summed E-state index contributed by atoms with van der Waals surface area (Å²) in [5, 5.41) is 13.6. The number of anilines is 1. The zero-order valence-corrected chi connectivity index (χ0v) is 19.1. The fraction of sp³-hybridized carbons (Fsp3) is 0.333. The van der Waals surface area contributed by atoms with Gasteiger partial charge in [0.1, 0.15) is 11.5 Å². The van der Waals surface area contributed by atoms with Crippen molar-refractivity contribution in [1.82, 2.24) is 24.5 Å². The Morgan fingerprint density at radius 2 is 1.79 bits per heavy atom. The van der Waals surface area contributed by atoms with Gasteiger partial charge in [0, 0.05) is 24.3 Å². The van der Waals surface area contributed by atoms with Crippen LogP contribution in [0, 0.1) is 12.7 Å². The van der Waals surface area contributed by atoms with Gasteiger partial charge in [-0.25, -0.2) is 12.8 Å². The van der Waals surface area contributed by atoms with Gasteiger partial charge >= 0.3 is 0 Å². The van der Waals surface area contributed by atoms with Crippen LogP contribution in [0.2, 0.25) is 0 Å². The quantitative estimate of drug-likeness (QED) is 0.602. The highest BCUT2D eigenvalue weighted by Gasteiger charge is 2.32. The van der Waals surface area contributed by atoms with Gasteiger partial charge in [-0.05, 0) is 73.7 Å². The molecule has 2 atom stereocenters. The third-order valence-corrected chi connectivity index (χ3v) is 7.04. The third kappa shape index (κ3) is 4.77. The molecule has 12 heteroatoms. The lowest BCUT2D eigenvalue weighted by molar-refractivity contribution is -0.0440. The summed E-state index contributed by atoms with van der Waals surface area (Å²) < 4.78 is 48.4. The van der Waals surface area contributed by atoms with Crippen LogP contribution in [0.3, 0.4) is 0 Å². The van der Waals surface area contributed by atoms with Gasteiger partial charge in [-0.3, -0.25) is 4.79 Å². The Morgan fingerprint density at radius 3 is 2.39 bits per heavy atom. The van der Waals surface area contributed by atoms with Crippen molar-refractivity contribution in [3.8, 4) is 5.69 Å². The Morgan fingerprint density at radius 1 is 1.12 bits per heavy atom. The van der Waals surface area contributed by atoms with E-state index in [1.807, 2.05) is 13.8 Å². The Hall–Kier alpha value is -3.22. The number of hydrogen-bond donors (Lipinski definition) is 1. The second kappa shape index (κ2) is 8.96. The molecule has 4 rings (SSSR count). The van der Waals surface area contributed by atoms with Crippen LogP contribution in [-0.2, 0) is 14.8 Å². The van der Waals surface area contributed by atoms with Gasteiger partial charge in [0.2, 0.25) is 10.0 Å². The molecule has 0 spiro atoms. The first-order valence-electron chi connectivity index (χ1n) is 10.3. The van der Waals surface area contributed by atoms with E-state index < -0.39 is 21.7 Å². The maximum atomic E-state index is 14.2. The molecular formula is C21H23FN6O4S. The molecule has 0 bridgehead atoms. The largest absolute Gasteiger partial charge is 0.373 e. The van der Waals surface area contributed by atoms with Crippen molar-refractivity contribution in [2.45, 2.75) is 37.9 Å². The van der Waals surface area contributed by atoms with E-state index in [0.717, 1.165) is 0 Å². The number of rotatable bonds is 5. The van der Waals surface area contributed by atoms with Gasteiger partial charge in [-0.15, -0.1) is 5.10 Å². The van der Waals surface area contributed by atoms with E-state index in [0.29, 0.717) is 11.5 Å². The molecule has 2 heterocycles. The molecule has 2 unspecified atom stereocenters. The molecule has 1 aliphatic heterocycles. The molecule has 3 aromatic rings. The van der Waals surface area contributed by atoms with E-state index in [4.69, 9.17) is 4.74 Å². The number of carbonyl (C=O) groups is 1. The van der Waals surface area contributed by atoms with Gasteiger partial charge in [0.15, 0.2) is 5.82 Å². The molecule has 1 amide bonds. The molecule has 1 fully saturated rings. The lowest BCUT2D eigenvalue weighted by atomic mass is 10.2. The predicted octanol–water partition coefficient (Wildman–Crippen LogP) is 2.16. The second-order valence-corrected chi connectivity index (χ2v) is 9.80. The van der Waals surface area contributed by atoms with Crippen molar-refractivity contribution < 1.29 is 22.3 Å². The number of aromatic nitrogens is 4. The predicted molar refractivity (Wildman–Crippen MR) is 117 cm³/mol. The van der Waals surface area contributed by atoms with Crippen LogP contribution in [0.15, 0.2) is 47.4 Å². The first kappa shape index (κ1) is 23.0. The Bertz CT molecular complexity index is 1270. The van der Waals surface area contributed by atoms with Crippen LogP contribution in [0.4, 0.5) is 10.1 Å². The Kier molecular flexibility index (Phi) is 6.23. The van der Waals surface area contributed by atoms with Crippen LogP contribution in [0.25, 0.3) is 5.69 Å². The summed E-state index contributed by atoms with van der Waals surface area (Å²) in [6.07, 6.45) is -0.405. The highest BCUT2D eigenvalue weighted by Crippen LogP contribution is 2.23. The zero-order valence-electron chi connectivity index (χ0n) is 18.3. The Balaban J connectivity index is 1.51. The maximum absolute atomic E-state index is 14.2. The third-order valence-electron chi connectivity index (χ3n) is 5.20. The summed E-state index contributed by atoms with van der Waals surface area (Å²) in [7, 11) is -3.71. The van der Waals surface area contributed by atoms with Crippen LogP contribution in [0.1, 0.15) is 30.0 Å². The van der Waals surface area contributed by atoms with E-state index >= 15 is 0 Å². The van der Waals surface area contributed by atoms with Gasteiger partial charge in [-0.2, -0.15) is 8.99 Å². The molecule has 174 valence electrons. The monoisotopic (exact) mass is 474 g/mol. The smallest absolute Gasteiger partial charge is 0.255 e. The summed E-state index contributed by atoms with van der Waals surface area (Å²) in [6.45, 7) is 5.81. The number of aryl methyl sites for hydroxylation is 1. The molecule has 0 radical (unpaired) electrons. The SMILES string of the molecule is Cc1nnnn1-c1cc(NC(=O)c2ccc(S(=O)(=O)N3CC(C)OC(C)C3)cc2)ccc1F. The first-order valence-corrected chi connectivity index (χ1v) is 11.7. The molecule has 1 N–H and O–H groups in total. The van der Waals surface area contributed by atoms with Crippen molar-refractivity contribution in [1.29, 1.82) is 0 Å². The number of tetrazole rings is 1. The molecule has 0 aliphatic carbocycles. The van der Waals surface area contributed by atoms with E-state index in [-0.39, 0.29) is 41.4 Å². The number of halogens is 1. The molecule has 2 aromatic carbocycles. The Labute approximate surface area is 190 Å². The number of amides is 1. The number of nitrogens with zero attached hydrogens (tertiary/aromatic N) is 5. The van der Waals surface area contributed by atoms with Crippen molar-refractivity contribution in [3.63, 3.8) is 0 Å². The van der Waals surface area contributed by atoms with Gasteiger partial charge in [0.05, 0.1) is 17.1 Å². The fourth-order valence-corrected chi connectivity index (χ4v) is 5.26. The van der Waals surface area contributed by atoms with Crippen molar-refractivity contribution in [2.75, 3.05) is 18.4 Å². The number of carbonyl (C=O) groups excluding carboxylic acids is 1. The topological polar surface area (TPSA) is 119 Å². The summed E-state index contributed by atoms with van der Waals surface area (Å²) in [6, 6.07) is 9.69. The highest BCUT2D eigenvalue weighted by atomic mass is 32.2. The molecule has 0 saturated carbocycles. The standard InChI is InChI=1S/C21H23FN6O4S/c1-13-11-27(12-14(2)32-13)33(30,31)18-7-4-16(5-8-18)21(29)23-17-6-9-19(22)20(10-17)28-15(3)24-25-26-28/h4-10,13-14H,11-12H2,1-3H3,(H,23,29). The molecule has 1 aromatic heterocycles. The number of morpholine rings is 1. The lowest BCUT2D eigenvalue weighted by Gasteiger charge is -2.34. The molecule has 1 saturated heterocycles. The normalized spacial score (nSPS) is 19.4. The maximum Gasteiger partial charge on any atom is 0.255 e. The van der Waals surface area contributed by atoms with E-state index in [1.165, 1.54) is 51.5 Å². The van der Waals surface area contributed by atoms with Crippen LogP contribution < -0.4 is 5.32 Å². The molecular weight excluding hydrogens is 451 g/mol. The zero-order chi connectivity index (χ0) is 23.8. The number of ether oxygens (including phenoxy) is 1. The van der Waals surface area contributed by atoms with Crippen LogP contribution in [-0.4, -0.2) is 64.1 Å². The highest BCUT2D eigenvalue weighted by molar-refractivity contribution is 7.89. The van der Waals surface area contributed by atoms with E-state index in [9.17, 15) is 17.6 Å². The summed E-state index contributed by atoms with van der Waals surface area (Å²) in [5.41, 5.74) is 0.673. The van der Waals surface area contributed by atoms with E-state index in [1.54, 1.807) is 6.92 Å². The molecule has 10 nitrogen and oxygen atoms in total. The number of hydrogen-bond acceptors (Lipinski definition) is 7. The lowest BCUT2D eigenvalue weighted by Crippen LogP contribution is -2.48. The fourth-order valence-electron chi connectivity index (χ4n) is 3.66.